The van der Waals surface area contributed by atoms with Crippen LogP contribution in [0.1, 0.15) is 17.3 Å². The maximum atomic E-state index is 14.4. The first-order valence-corrected chi connectivity index (χ1v) is 8.51. The molecule has 1 aliphatic rings. The number of halogens is 5. The van der Waals surface area contributed by atoms with Gasteiger partial charge in [-0.25, -0.2) is 8.78 Å². The van der Waals surface area contributed by atoms with E-state index in [1.54, 1.807) is 0 Å². The molecule has 1 atom stereocenters. The summed E-state index contributed by atoms with van der Waals surface area (Å²) >= 11 is 0. The number of aliphatic hydroxyl groups excluding tert-OH is 1. The molecule has 5 N–H and O–H groups in total. The maximum absolute atomic E-state index is 14.4. The fourth-order valence-electron chi connectivity index (χ4n) is 2.77. The van der Waals surface area contributed by atoms with E-state index in [1.807, 2.05) is 0 Å². The quantitative estimate of drug-likeness (QED) is 0.494. The molecule has 0 spiro atoms. The van der Waals surface area contributed by atoms with Crippen molar-refractivity contribution in [3.8, 4) is 5.75 Å². The molecule has 31 heavy (non-hydrogen) atoms. The Bertz CT molecular complexity index is 995. The number of nitrogens with two attached hydrogens (primary N) is 2. The number of hydrogen-bond acceptors (Lipinski definition) is 6. The molecule has 2 heterocycles. The number of benzene rings is 1. The van der Waals surface area contributed by atoms with Crippen molar-refractivity contribution in [1.29, 1.82) is 0 Å². The van der Waals surface area contributed by atoms with E-state index in [9.17, 15) is 27.1 Å². The highest BCUT2D eigenvalue weighted by molar-refractivity contribution is 5.42. The number of amides is 1. The van der Waals surface area contributed by atoms with Crippen LogP contribution in [0.4, 0.5) is 22.0 Å². The number of carbonyl (C=O) groups is 1. The Hall–Kier alpha value is -3.83. The molecule has 1 amide bonds. The lowest BCUT2D eigenvalue weighted by atomic mass is 9.99. The predicted molar refractivity (Wildman–Crippen MR) is 99.1 cm³/mol. The summed E-state index contributed by atoms with van der Waals surface area (Å²) in [6.45, 7) is 0.124. The second-order valence-corrected chi connectivity index (χ2v) is 6.02. The van der Waals surface area contributed by atoms with Gasteiger partial charge in [-0.1, -0.05) is 6.07 Å². The lowest BCUT2D eigenvalue weighted by Crippen LogP contribution is -2.30. The molecule has 0 radical (unpaired) electrons. The number of hydrogen-bond donors (Lipinski definition) is 3. The number of rotatable bonds is 4. The van der Waals surface area contributed by atoms with E-state index in [2.05, 4.69) is 15.5 Å². The average molecular weight is 444 g/mol. The smallest absolute Gasteiger partial charge is 0.504 e. The Morgan fingerprint density at radius 2 is 1.90 bits per heavy atom. The molecular weight excluding hydrogens is 427 g/mol. The maximum Gasteiger partial charge on any atom is 0.573 e. The van der Waals surface area contributed by atoms with Crippen LogP contribution in [0, 0.1) is 11.6 Å². The summed E-state index contributed by atoms with van der Waals surface area (Å²) in [5.74, 6) is -3.29. The predicted octanol–water partition coefficient (Wildman–Crippen LogP) is 3.01. The fourth-order valence-corrected chi connectivity index (χ4v) is 2.77. The van der Waals surface area contributed by atoms with Crippen molar-refractivity contribution in [3.05, 3.63) is 83.2 Å². The molecule has 0 saturated heterocycles. The molecule has 3 rings (SSSR count). The molecular formula is C19H17F5N4O3. The third-order valence-corrected chi connectivity index (χ3v) is 3.98. The Labute approximate surface area is 173 Å². The number of ether oxygens (including phenoxy) is 1. The summed E-state index contributed by atoms with van der Waals surface area (Å²) in [4.78, 5) is 14.0. The van der Waals surface area contributed by atoms with E-state index >= 15 is 0 Å². The average Bonchev–Trinajstić information content (AvgIpc) is 2.68. The molecule has 1 aliphatic heterocycles. The third kappa shape index (κ3) is 6.07. The zero-order valence-corrected chi connectivity index (χ0v) is 15.7. The number of aliphatic hydroxyl groups is 1. The van der Waals surface area contributed by atoms with Crippen LogP contribution in [0.15, 0.2) is 60.3 Å². The second-order valence-electron chi connectivity index (χ2n) is 6.02. The van der Waals surface area contributed by atoms with Crippen molar-refractivity contribution in [2.45, 2.75) is 12.4 Å². The molecule has 2 aromatic rings. The minimum absolute atomic E-state index is 0.0996. The third-order valence-electron chi connectivity index (χ3n) is 3.98. The first-order valence-electron chi connectivity index (χ1n) is 8.51. The van der Waals surface area contributed by atoms with E-state index in [0.717, 1.165) is 24.3 Å². The minimum Gasteiger partial charge on any atom is -0.504 e. The number of aromatic nitrogens is 1. The van der Waals surface area contributed by atoms with Crippen LogP contribution < -0.4 is 16.2 Å². The first kappa shape index (κ1) is 23.4. The first-order chi connectivity index (χ1) is 14.6. The standard InChI is InChI=1S/C18H14F5N3O2.CH3NO/c19-11-2-1-6-25-16(11)17(26-7-5-13(24)14(27)9-26)10-3-4-15(12(20)8-10)28-18(21,22)23;2-1-3/h1-6,8-9,17,27H,7,24H2;1H,(H2,2,3)/t17-;/m0./s1. The molecule has 0 saturated carbocycles. The summed E-state index contributed by atoms with van der Waals surface area (Å²) < 4.78 is 69.3. The van der Waals surface area contributed by atoms with Gasteiger partial charge in [0, 0.05) is 18.9 Å². The van der Waals surface area contributed by atoms with Crippen LogP contribution in [0.5, 0.6) is 5.75 Å². The van der Waals surface area contributed by atoms with Gasteiger partial charge in [0.25, 0.3) is 0 Å². The lowest BCUT2D eigenvalue weighted by molar-refractivity contribution is -0.275. The van der Waals surface area contributed by atoms with Crippen molar-refractivity contribution < 1.29 is 36.6 Å². The van der Waals surface area contributed by atoms with Crippen molar-refractivity contribution in [2.75, 3.05) is 6.54 Å². The van der Waals surface area contributed by atoms with Crippen LogP contribution in [-0.2, 0) is 4.79 Å². The number of alkyl halides is 3. The molecule has 0 fully saturated rings. The zero-order valence-electron chi connectivity index (χ0n) is 15.7. The van der Waals surface area contributed by atoms with Gasteiger partial charge in [0.2, 0.25) is 6.41 Å². The number of primary amides is 1. The molecule has 12 heteroatoms. The van der Waals surface area contributed by atoms with E-state index in [0.29, 0.717) is 0 Å². The van der Waals surface area contributed by atoms with Crippen molar-refractivity contribution in [2.24, 2.45) is 11.5 Å². The number of pyridine rings is 1. The van der Waals surface area contributed by atoms with Crippen LogP contribution in [0.25, 0.3) is 0 Å². The monoisotopic (exact) mass is 444 g/mol. The topological polar surface area (TPSA) is 115 Å². The molecule has 166 valence electrons. The van der Waals surface area contributed by atoms with E-state index in [1.165, 1.54) is 29.4 Å². The van der Waals surface area contributed by atoms with Crippen molar-refractivity contribution in [1.82, 2.24) is 9.88 Å². The van der Waals surface area contributed by atoms with Gasteiger partial charge in [0.1, 0.15) is 11.5 Å². The molecule has 1 aromatic carbocycles. The minimum atomic E-state index is -5.06. The van der Waals surface area contributed by atoms with E-state index < -0.39 is 29.8 Å². The number of carbonyl (C=O) groups excluding carboxylic acids is 1. The van der Waals surface area contributed by atoms with Crippen LogP contribution >= 0.6 is 0 Å². The summed E-state index contributed by atoms with van der Waals surface area (Å²) in [5.41, 5.74) is 9.86. The molecule has 7 nitrogen and oxygen atoms in total. The Kier molecular flexibility index (Phi) is 7.40. The Morgan fingerprint density at radius 3 is 2.45 bits per heavy atom. The van der Waals surface area contributed by atoms with Gasteiger partial charge >= 0.3 is 6.36 Å². The fraction of sp³-hybridized carbons (Fsp3) is 0.158. The summed E-state index contributed by atoms with van der Waals surface area (Å²) in [6.07, 6.45) is -0.800. The molecule has 0 bridgehead atoms. The highest BCUT2D eigenvalue weighted by Gasteiger charge is 2.33. The van der Waals surface area contributed by atoms with Gasteiger partial charge < -0.3 is 26.2 Å². The van der Waals surface area contributed by atoms with Crippen LogP contribution in [0.2, 0.25) is 0 Å². The largest absolute Gasteiger partial charge is 0.573 e. The van der Waals surface area contributed by atoms with Crippen LogP contribution in [-0.4, -0.2) is 34.3 Å². The van der Waals surface area contributed by atoms with E-state index in [-0.39, 0.29) is 35.7 Å². The van der Waals surface area contributed by atoms with Crippen molar-refractivity contribution >= 4 is 6.41 Å². The zero-order chi connectivity index (χ0) is 23.2. The number of nitrogens with zero attached hydrogens (tertiary/aromatic N) is 2. The van der Waals surface area contributed by atoms with Gasteiger partial charge in [-0.2, -0.15) is 0 Å². The summed E-state index contributed by atoms with van der Waals surface area (Å²) in [7, 11) is 0. The molecule has 0 unspecified atom stereocenters. The Balaban J connectivity index is 0.00000107. The highest BCUT2D eigenvalue weighted by Crippen LogP contribution is 2.34. The second kappa shape index (κ2) is 9.78. The summed E-state index contributed by atoms with van der Waals surface area (Å²) in [5, 5.41) is 9.88. The molecule has 0 aliphatic carbocycles. The summed E-state index contributed by atoms with van der Waals surface area (Å²) in [6, 6.07) is 4.22. The highest BCUT2D eigenvalue weighted by atomic mass is 19.4. The van der Waals surface area contributed by atoms with Gasteiger partial charge in [-0.3, -0.25) is 9.78 Å². The van der Waals surface area contributed by atoms with Gasteiger partial charge in [-0.05, 0) is 35.9 Å². The van der Waals surface area contributed by atoms with Crippen LogP contribution in [0.3, 0.4) is 0 Å². The lowest BCUT2D eigenvalue weighted by Gasteiger charge is -2.32. The van der Waals surface area contributed by atoms with Gasteiger partial charge in [0.15, 0.2) is 17.3 Å². The SMILES string of the molecule is NC1=CCN([C@@H](c2ccc(OC(F)(F)F)c(F)c2)c2ncccc2F)C=C1O.NC=O. The van der Waals surface area contributed by atoms with E-state index in [4.69, 9.17) is 10.5 Å². The van der Waals surface area contributed by atoms with Gasteiger partial charge in [-0.15, -0.1) is 13.2 Å². The molecule has 1 aromatic heterocycles. The Morgan fingerprint density at radius 1 is 1.23 bits per heavy atom. The normalized spacial score (nSPS) is 14.5. The van der Waals surface area contributed by atoms with Crippen molar-refractivity contribution in [3.63, 3.8) is 0 Å². The van der Waals surface area contributed by atoms with Gasteiger partial charge in [0.05, 0.1) is 11.7 Å².